The highest BCUT2D eigenvalue weighted by Gasteiger charge is 2.30. The van der Waals surface area contributed by atoms with E-state index in [4.69, 9.17) is 0 Å². The first-order valence-corrected chi connectivity index (χ1v) is 6.91. The predicted octanol–water partition coefficient (Wildman–Crippen LogP) is 1.14. The molecule has 1 aliphatic heterocycles. The van der Waals surface area contributed by atoms with Gasteiger partial charge in [-0.15, -0.1) is 5.10 Å². The minimum atomic E-state index is 0.0190. The molecule has 0 saturated carbocycles. The van der Waals surface area contributed by atoms with Crippen molar-refractivity contribution in [3.8, 4) is 0 Å². The molecule has 1 aromatic rings. The number of nitrogens with zero attached hydrogens (tertiary/aromatic N) is 3. The largest absolute Gasteiger partial charge is 0.331 e. The first kappa shape index (κ1) is 12.4. The van der Waals surface area contributed by atoms with Gasteiger partial charge in [-0.1, -0.05) is 18.3 Å². The van der Waals surface area contributed by atoms with Crippen LogP contribution in [0, 0.1) is 0 Å². The van der Waals surface area contributed by atoms with Gasteiger partial charge < -0.3 is 10.2 Å². The van der Waals surface area contributed by atoms with Crippen LogP contribution >= 0.6 is 11.5 Å². The highest BCUT2D eigenvalue weighted by Crippen LogP contribution is 2.15. The fourth-order valence-electron chi connectivity index (χ4n) is 2.16. The van der Waals surface area contributed by atoms with Crippen LogP contribution in [0.15, 0.2) is 5.38 Å². The van der Waals surface area contributed by atoms with E-state index in [0.717, 1.165) is 25.9 Å². The quantitative estimate of drug-likeness (QED) is 0.879. The van der Waals surface area contributed by atoms with E-state index < -0.39 is 0 Å². The van der Waals surface area contributed by atoms with Gasteiger partial charge in [0.05, 0.1) is 0 Å². The molecule has 5 nitrogen and oxygen atoms in total. The Morgan fingerprint density at radius 3 is 3.00 bits per heavy atom. The summed E-state index contributed by atoms with van der Waals surface area (Å²) in [6.07, 6.45) is 2.00. The fourth-order valence-corrected chi connectivity index (χ4v) is 2.59. The monoisotopic (exact) mass is 254 g/mol. The van der Waals surface area contributed by atoms with Crippen molar-refractivity contribution >= 4 is 17.4 Å². The van der Waals surface area contributed by atoms with Gasteiger partial charge >= 0.3 is 0 Å². The summed E-state index contributed by atoms with van der Waals surface area (Å²) in [5.74, 6) is 0.0190. The zero-order valence-corrected chi connectivity index (χ0v) is 11.0. The number of rotatable bonds is 3. The van der Waals surface area contributed by atoms with Crippen LogP contribution < -0.4 is 5.32 Å². The van der Waals surface area contributed by atoms with Gasteiger partial charge in [-0.3, -0.25) is 4.79 Å². The Kier molecular flexibility index (Phi) is 4.06. The van der Waals surface area contributed by atoms with Crippen molar-refractivity contribution in [2.75, 3.05) is 13.1 Å². The molecule has 1 fully saturated rings. The summed E-state index contributed by atoms with van der Waals surface area (Å²) in [6.45, 7) is 5.89. The van der Waals surface area contributed by atoms with E-state index in [0.29, 0.717) is 11.7 Å². The Labute approximate surface area is 105 Å². The summed E-state index contributed by atoms with van der Waals surface area (Å²) < 4.78 is 3.76. The molecule has 1 amide bonds. The van der Waals surface area contributed by atoms with E-state index in [9.17, 15) is 4.79 Å². The lowest BCUT2D eigenvalue weighted by Gasteiger charge is -2.39. The molecular formula is C11H18N4OS. The second-order valence-corrected chi connectivity index (χ2v) is 4.93. The first-order chi connectivity index (χ1) is 8.26. The van der Waals surface area contributed by atoms with Crippen LogP contribution in [0.2, 0.25) is 0 Å². The van der Waals surface area contributed by atoms with Crippen LogP contribution in [-0.4, -0.2) is 45.6 Å². The van der Waals surface area contributed by atoms with Crippen molar-refractivity contribution in [2.24, 2.45) is 0 Å². The molecule has 1 saturated heterocycles. The summed E-state index contributed by atoms with van der Waals surface area (Å²) in [6, 6.07) is 0.667. The highest BCUT2D eigenvalue weighted by molar-refractivity contribution is 7.03. The second-order valence-electron chi connectivity index (χ2n) is 4.32. The minimum Gasteiger partial charge on any atom is -0.331 e. The maximum absolute atomic E-state index is 12.3. The molecule has 1 aromatic heterocycles. The maximum atomic E-state index is 12.3. The van der Waals surface area contributed by atoms with E-state index in [2.05, 4.69) is 28.8 Å². The third-order valence-electron chi connectivity index (χ3n) is 3.30. The fraction of sp³-hybridized carbons (Fsp3) is 0.727. The standard InChI is InChI=1S/C11H18N4OS/c1-3-8-6-15(9(4-2)5-12-8)11(16)10-7-17-14-13-10/h7-9,12H,3-6H2,1-2H3. The second kappa shape index (κ2) is 5.55. The number of nitrogens with one attached hydrogen (secondary N) is 1. The summed E-state index contributed by atoms with van der Waals surface area (Å²) in [7, 11) is 0. The Morgan fingerprint density at radius 1 is 1.59 bits per heavy atom. The lowest BCUT2D eigenvalue weighted by molar-refractivity contribution is 0.0570. The van der Waals surface area contributed by atoms with Gasteiger partial charge in [0.2, 0.25) is 0 Å². The van der Waals surface area contributed by atoms with Crippen molar-refractivity contribution in [3.05, 3.63) is 11.1 Å². The van der Waals surface area contributed by atoms with Gasteiger partial charge in [0.15, 0.2) is 5.69 Å². The van der Waals surface area contributed by atoms with E-state index in [1.807, 2.05) is 4.90 Å². The third-order valence-corrected chi connectivity index (χ3v) is 3.81. The molecule has 2 heterocycles. The number of piperazine rings is 1. The number of amides is 1. The summed E-state index contributed by atoms with van der Waals surface area (Å²) in [4.78, 5) is 14.2. The molecule has 94 valence electrons. The average molecular weight is 254 g/mol. The van der Waals surface area contributed by atoms with Crippen LogP contribution in [-0.2, 0) is 0 Å². The lowest BCUT2D eigenvalue weighted by Crippen LogP contribution is -2.57. The number of hydrogen-bond donors (Lipinski definition) is 1. The van der Waals surface area contributed by atoms with Gasteiger partial charge in [0.25, 0.3) is 5.91 Å². The van der Waals surface area contributed by atoms with Crippen LogP contribution in [0.5, 0.6) is 0 Å². The lowest BCUT2D eigenvalue weighted by atomic mass is 10.0. The molecule has 0 aromatic carbocycles. The Balaban J connectivity index is 2.12. The van der Waals surface area contributed by atoms with Gasteiger partial charge in [0.1, 0.15) is 0 Å². The zero-order chi connectivity index (χ0) is 12.3. The van der Waals surface area contributed by atoms with Crippen LogP contribution in [0.4, 0.5) is 0 Å². The molecule has 1 N–H and O–H groups in total. The van der Waals surface area contributed by atoms with Crippen molar-refractivity contribution in [3.63, 3.8) is 0 Å². The van der Waals surface area contributed by atoms with Crippen LogP contribution in [0.3, 0.4) is 0 Å². The average Bonchev–Trinajstić information content (AvgIpc) is 2.91. The smallest absolute Gasteiger partial charge is 0.275 e. The molecule has 6 heteroatoms. The topological polar surface area (TPSA) is 58.1 Å². The van der Waals surface area contributed by atoms with E-state index >= 15 is 0 Å². The van der Waals surface area contributed by atoms with Crippen molar-refractivity contribution < 1.29 is 4.79 Å². The molecule has 17 heavy (non-hydrogen) atoms. The summed E-state index contributed by atoms with van der Waals surface area (Å²) in [5.41, 5.74) is 0.477. The summed E-state index contributed by atoms with van der Waals surface area (Å²) >= 11 is 1.22. The van der Waals surface area contributed by atoms with Gasteiger partial charge in [-0.05, 0) is 24.4 Å². The molecule has 2 atom stereocenters. The molecule has 2 rings (SSSR count). The number of carbonyl (C=O) groups excluding carboxylic acids is 1. The molecular weight excluding hydrogens is 236 g/mol. The minimum absolute atomic E-state index is 0.0190. The molecule has 0 spiro atoms. The van der Waals surface area contributed by atoms with E-state index in [1.54, 1.807) is 5.38 Å². The SMILES string of the molecule is CCC1CN(C(=O)c2csnn2)C(CC)CN1. The Bertz CT molecular complexity index is 368. The van der Waals surface area contributed by atoms with Gasteiger partial charge in [0, 0.05) is 30.6 Å². The third kappa shape index (κ3) is 2.63. The normalized spacial score (nSPS) is 24.9. The molecule has 0 radical (unpaired) electrons. The number of hydrogen-bond acceptors (Lipinski definition) is 5. The molecule has 2 unspecified atom stereocenters. The predicted molar refractivity (Wildman–Crippen MR) is 67.1 cm³/mol. The number of carbonyl (C=O) groups is 1. The van der Waals surface area contributed by atoms with Crippen molar-refractivity contribution in [1.82, 2.24) is 19.8 Å². The molecule has 0 aliphatic carbocycles. The van der Waals surface area contributed by atoms with E-state index in [1.165, 1.54) is 11.5 Å². The van der Waals surface area contributed by atoms with Crippen LogP contribution in [0.1, 0.15) is 37.2 Å². The molecule has 0 bridgehead atoms. The van der Waals surface area contributed by atoms with Gasteiger partial charge in [-0.2, -0.15) is 0 Å². The van der Waals surface area contributed by atoms with Crippen molar-refractivity contribution in [2.45, 2.75) is 38.8 Å². The first-order valence-electron chi connectivity index (χ1n) is 6.07. The maximum Gasteiger partial charge on any atom is 0.275 e. The Morgan fingerprint density at radius 2 is 2.41 bits per heavy atom. The molecule has 1 aliphatic rings. The van der Waals surface area contributed by atoms with E-state index in [-0.39, 0.29) is 11.9 Å². The van der Waals surface area contributed by atoms with Crippen molar-refractivity contribution in [1.29, 1.82) is 0 Å². The summed E-state index contributed by atoms with van der Waals surface area (Å²) in [5, 5.41) is 9.06. The van der Waals surface area contributed by atoms with Gasteiger partial charge in [-0.25, -0.2) is 0 Å². The highest BCUT2D eigenvalue weighted by atomic mass is 32.1. The van der Waals surface area contributed by atoms with Crippen LogP contribution in [0.25, 0.3) is 0 Å². The zero-order valence-electron chi connectivity index (χ0n) is 10.2. The number of aromatic nitrogens is 2. The Hall–Kier alpha value is -1.01.